The summed E-state index contributed by atoms with van der Waals surface area (Å²) in [7, 11) is 3.98. The van der Waals surface area contributed by atoms with Gasteiger partial charge in [-0.3, -0.25) is 9.69 Å². The van der Waals surface area contributed by atoms with Crippen molar-refractivity contribution in [2.45, 2.75) is 0 Å². The third-order valence-corrected chi connectivity index (χ3v) is 3.90. The summed E-state index contributed by atoms with van der Waals surface area (Å²) in [6.07, 6.45) is 1.82. The predicted molar refractivity (Wildman–Crippen MR) is 98.4 cm³/mol. The molecule has 3 rings (SSSR count). The Morgan fingerprint density at radius 1 is 1.04 bits per heavy atom. The zero-order valence-corrected chi connectivity index (χ0v) is 13.8. The van der Waals surface area contributed by atoms with E-state index in [9.17, 15) is 4.79 Å². The van der Waals surface area contributed by atoms with Crippen LogP contribution in [0.2, 0.25) is 0 Å². The van der Waals surface area contributed by atoms with E-state index in [4.69, 9.17) is 12.2 Å². The molecule has 0 unspecified atom stereocenters. The third kappa shape index (κ3) is 3.10. The first-order valence-electron chi connectivity index (χ1n) is 7.26. The minimum absolute atomic E-state index is 0.141. The van der Waals surface area contributed by atoms with Gasteiger partial charge >= 0.3 is 0 Å². The summed E-state index contributed by atoms with van der Waals surface area (Å²) in [5.74, 6) is -0.141. The average molecular weight is 323 g/mol. The zero-order valence-electron chi connectivity index (χ0n) is 13.0. The van der Waals surface area contributed by atoms with Gasteiger partial charge in [-0.15, -0.1) is 0 Å². The van der Waals surface area contributed by atoms with E-state index in [2.05, 4.69) is 5.32 Å². The Bertz CT molecular complexity index is 767. The quantitative estimate of drug-likeness (QED) is 0.696. The van der Waals surface area contributed by atoms with E-state index in [-0.39, 0.29) is 5.91 Å². The van der Waals surface area contributed by atoms with Crippen molar-refractivity contribution in [2.75, 3.05) is 23.9 Å². The van der Waals surface area contributed by atoms with Crippen LogP contribution in [0.15, 0.2) is 60.3 Å². The van der Waals surface area contributed by atoms with Crippen LogP contribution in [0, 0.1) is 0 Å². The fourth-order valence-corrected chi connectivity index (χ4v) is 2.68. The van der Waals surface area contributed by atoms with Crippen LogP contribution in [0.25, 0.3) is 6.08 Å². The smallest absolute Gasteiger partial charge is 0.281 e. The number of anilines is 2. The molecule has 1 N–H and O–H groups in total. The molecule has 2 aromatic rings. The molecule has 4 nitrogen and oxygen atoms in total. The van der Waals surface area contributed by atoms with Crippen LogP contribution in [0.1, 0.15) is 5.56 Å². The van der Waals surface area contributed by atoms with Crippen molar-refractivity contribution in [1.29, 1.82) is 0 Å². The molecule has 1 fully saturated rings. The van der Waals surface area contributed by atoms with Crippen LogP contribution >= 0.6 is 12.2 Å². The Kier molecular flexibility index (Phi) is 4.12. The van der Waals surface area contributed by atoms with Crippen LogP contribution in [-0.4, -0.2) is 25.1 Å². The third-order valence-electron chi connectivity index (χ3n) is 3.61. The number of amides is 1. The molecule has 116 valence electrons. The molecule has 2 aromatic carbocycles. The number of carbonyl (C=O) groups excluding carboxylic acids is 1. The number of nitrogens with zero attached hydrogens (tertiary/aromatic N) is 2. The number of carbonyl (C=O) groups is 1. The van der Waals surface area contributed by atoms with Gasteiger partial charge in [0.25, 0.3) is 5.91 Å². The number of hydrogen-bond acceptors (Lipinski definition) is 3. The van der Waals surface area contributed by atoms with Gasteiger partial charge in [0.2, 0.25) is 0 Å². The van der Waals surface area contributed by atoms with E-state index in [0.717, 1.165) is 16.9 Å². The number of nitrogens with one attached hydrogen (secondary N) is 1. The van der Waals surface area contributed by atoms with E-state index in [1.54, 1.807) is 0 Å². The second-order valence-corrected chi connectivity index (χ2v) is 5.84. The fraction of sp³-hybridized carbons (Fsp3) is 0.111. The van der Waals surface area contributed by atoms with Gasteiger partial charge < -0.3 is 10.2 Å². The highest BCUT2D eigenvalue weighted by Crippen LogP contribution is 2.22. The highest BCUT2D eigenvalue weighted by Gasteiger charge is 2.31. The van der Waals surface area contributed by atoms with Gasteiger partial charge in [0.05, 0.1) is 5.69 Å². The van der Waals surface area contributed by atoms with E-state index in [1.807, 2.05) is 79.7 Å². The Hall–Kier alpha value is -2.66. The molecule has 0 aromatic heterocycles. The van der Waals surface area contributed by atoms with Crippen LogP contribution in [-0.2, 0) is 4.79 Å². The van der Waals surface area contributed by atoms with Crippen molar-refractivity contribution in [3.8, 4) is 0 Å². The fourth-order valence-electron chi connectivity index (χ4n) is 2.38. The number of para-hydroxylation sites is 1. The van der Waals surface area contributed by atoms with Crippen molar-refractivity contribution < 1.29 is 4.79 Å². The molecule has 1 amide bonds. The molecular weight excluding hydrogens is 306 g/mol. The second-order valence-electron chi connectivity index (χ2n) is 5.45. The Morgan fingerprint density at radius 3 is 2.30 bits per heavy atom. The van der Waals surface area contributed by atoms with Gasteiger partial charge in [0.1, 0.15) is 5.70 Å². The summed E-state index contributed by atoms with van der Waals surface area (Å²) in [5.41, 5.74) is 3.31. The lowest BCUT2D eigenvalue weighted by Gasteiger charge is -2.13. The molecule has 0 aliphatic carbocycles. The largest absolute Gasteiger partial charge is 0.378 e. The summed E-state index contributed by atoms with van der Waals surface area (Å²) < 4.78 is 0. The summed E-state index contributed by atoms with van der Waals surface area (Å²) >= 11 is 5.29. The lowest BCUT2D eigenvalue weighted by Crippen LogP contribution is -2.30. The number of benzene rings is 2. The molecule has 0 spiro atoms. The Balaban J connectivity index is 1.87. The molecule has 1 aliphatic heterocycles. The summed E-state index contributed by atoms with van der Waals surface area (Å²) in [4.78, 5) is 16.1. The predicted octanol–water partition coefficient (Wildman–Crippen LogP) is 3.01. The van der Waals surface area contributed by atoms with Crippen LogP contribution in [0.4, 0.5) is 11.4 Å². The maximum absolute atomic E-state index is 12.6. The minimum atomic E-state index is -0.141. The van der Waals surface area contributed by atoms with E-state index in [1.165, 1.54) is 4.90 Å². The van der Waals surface area contributed by atoms with Gasteiger partial charge in [-0.2, -0.15) is 0 Å². The van der Waals surface area contributed by atoms with Crippen LogP contribution < -0.4 is 15.1 Å². The molecule has 0 radical (unpaired) electrons. The molecule has 1 saturated heterocycles. The summed E-state index contributed by atoms with van der Waals surface area (Å²) in [6, 6.07) is 17.4. The lowest BCUT2D eigenvalue weighted by atomic mass is 10.1. The maximum atomic E-state index is 12.6. The van der Waals surface area contributed by atoms with Crippen LogP contribution in [0.5, 0.6) is 0 Å². The van der Waals surface area contributed by atoms with Crippen molar-refractivity contribution in [1.82, 2.24) is 5.32 Å². The standard InChI is InChI=1S/C18H17N3OS/c1-20(2)14-10-8-13(9-11-14)12-16-17(22)21(18(23)19-16)15-6-4-3-5-7-15/h3-12H,1-2H3,(H,19,23). The van der Waals surface area contributed by atoms with E-state index in [0.29, 0.717) is 10.8 Å². The monoisotopic (exact) mass is 323 g/mol. The Morgan fingerprint density at radius 2 is 1.70 bits per heavy atom. The SMILES string of the molecule is CN(C)c1ccc(C=C2NC(=S)N(c3ccccc3)C2=O)cc1. The zero-order chi connectivity index (χ0) is 16.4. The molecule has 1 heterocycles. The first-order valence-corrected chi connectivity index (χ1v) is 7.66. The number of thiocarbonyl (C=S) groups is 1. The lowest BCUT2D eigenvalue weighted by molar-refractivity contribution is -0.113. The summed E-state index contributed by atoms with van der Waals surface area (Å²) in [5, 5.41) is 3.40. The van der Waals surface area contributed by atoms with Crippen LogP contribution in [0.3, 0.4) is 0 Å². The minimum Gasteiger partial charge on any atom is -0.378 e. The maximum Gasteiger partial charge on any atom is 0.281 e. The molecule has 0 atom stereocenters. The first kappa shape index (κ1) is 15.2. The number of rotatable bonds is 3. The molecular formula is C18H17N3OS. The van der Waals surface area contributed by atoms with Gasteiger partial charge in [-0.1, -0.05) is 30.3 Å². The molecule has 0 saturated carbocycles. The first-order chi connectivity index (χ1) is 11.1. The highest BCUT2D eigenvalue weighted by atomic mass is 32.1. The van der Waals surface area contributed by atoms with Gasteiger partial charge in [-0.05, 0) is 48.1 Å². The van der Waals surface area contributed by atoms with Crippen molar-refractivity contribution >= 4 is 40.7 Å². The summed E-state index contributed by atoms with van der Waals surface area (Å²) in [6.45, 7) is 0. The molecule has 5 heteroatoms. The Labute approximate surface area is 141 Å². The van der Waals surface area contributed by atoms with Crippen molar-refractivity contribution in [2.24, 2.45) is 0 Å². The second kappa shape index (κ2) is 6.22. The normalized spacial score (nSPS) is 15.9. The molecule has 1 aliphatic rings. The topological polar surface area (TPSA) is 35.6 Å². The van der Waals surface area contributed by atoms with Gasteiger partial charge in [0, 0.05) is 19.8 Å². The number of hydrogen-bond donors (Lipinski definition) is 1. The highest BCUT2D eigenvalue weighted by molar-refractivity contribution is 7.80. The van der Waals surface area contributed by atoms with E-state index < -0.39 is 0 Å². The average Bonchev–Trinajstić information content (AvgIpc) is 2.82. The van der Waals surface area contributed by atoms with E-state index >= 15 is 0 Å². The molecule has 23 heavy (non-hydrogen) atoms. The molecule has 0 bridgehead atoms. The van der Waals surface area contributed by atoms with Crippen molar-refractivity contribution in [3.05, 3.63) is 65.9 Å². The van der Waals surface area contributed by atoms with Crippen molar-refractivity contribution in [3.63, 3.8) is 0 Å². The van der Waals surface area contributed by atoms with Gasteiger partial charge in [0.15, 0.2) is 5.11 Å². The van der Waals surface area contributed by atoms with Gasteiger partial charge in [-0.25, -0.2) is 0 Å².